The van der Waals surface area contributed by atoms with Crippen LogP contribution in [0.3, 0.4) is 0 Å². The normalized spacial score (nSPS) is 12.7. The van der Waals surface area contributed by atoms with Crippen molar-refractivity contribution in [3.8, 4) is 5.75 Å². The number of halogens is 1. The molecule has 0 heterocycles. The molecule has 0 aliphatic heterocycles. The number of rotatable bonds is 4. The van der Waals surface area contributed by atoms with E-state index in [1.165, 1.54) is 19.2 Å². The van der Waals surface area contributed by atoms with Gasteiger partial charge in [-0.3, -0.25) is 0 Å². The molecule has 0 fully saturated rings. The fourth-order valence-electron chi connectivity index (χ4n) is 1.19. The molecule has 15 heavy (non-hydrogen) atoms. The Kier molecular flexibility index (Phi) is 3.95. The van der Waals surface area contributed by atoms with E-state index in [0.717, 1.165) is 5.69 Å². The summed E-state index contributed by atoms with van der Waals surface area (Å²) in [5.41, 5.74) is 0.757. The van der Waals surface area contributed by atoms with Crippen molar-refractivity contribution in [3.05, 3.63) is 24.0 Å². The zero-order valence-electron chi connectivity index (χ0n) is 9.67. The van der Waals surface area contributed by atoms with E-state index in [-0.39, 0.29) is 5.82 Å². The van der Waals surface area contributed by atoms with Gasteiger partial charge >= 0.3 is 0 Å². The molecular weight excluding hydrogens is 193 g/mol. The van der Waals surface area contributed by atoms with Crippen molar-refractivity contribution in [1.29, 1.82) is 0 Å². The second-order valence-electron chi connectivity index (χ2n) is 4.06. The Morgan fingerprint density at radius 2 is 1.87 bits per heavy atom. The minimum Gasteiger partial charge on any atom is -0.497 e. The molecule has 1 aromatic rings. The average Bonchev–Trinajstić information content (AvgIpc) is 2.16. The van der Waals surface area contributed by atoms with Crippen molar-refractivity contribution >= 4 is 5.69 Å². The first kappa shape index (κ1) is 11.8. The van der Waals surface area contributed by atoms with Crippen LogP contribution in [0, 0.1) is 11.7 Å². The van der Waals surface area contributed by atoms with Gasteiger partial charge in [0.2, 0.25) is 0 Å². The second kappa shape index (κ2) is 5.01. The van der Waals surface area contributed by atoms with Crippen LogP contribution in [-0.2, 0) is 0 Å². The summed E-state index contributed by atoms with van der Waals surface area (Å²) in [4.78, 5) is 0. The van der Waals surface area contributed by atoms with Gasteiger partial charge in [-0.2, -0.15) is 0 Å². The first-order valence-electron chi connectivity index (χ1n) is 5.14. The molecule has 1 aromatic carbocycles. The number of hydrogen-bond acceptors (Lipinski definition) is 2. The molecule has 0 bridgehead atoms. The van der Waals surface area contributed by atoms with Crippen molar-refractivity contribution in [2.75, 3.05) is 12.4 Å². The average molecular weight is 211 g/mol. The number of anilines is 1. The topological polar surface area (TPSA) is 21.3 Å². The molecule has 0 aliphatic rings. The summed E-state index contributed by atoms with van der Waals surface area (Å²) in [5.74, 6) is 0.750. The largest absolute Gasteiger partial charge is 0.497 e. The van der Waals surface area contributed by atoms with Crippen LogP contribution in [0.5, 0.6) is 5.75 Å². The van der Waals surface area contributed by atoms with Gasteiger partial charge in [0.05, 0.1) is 7.11 Å². The highest BCUT2D eigenvalue weighted by molar-refractivity contribution is 5.49. The third kappa shape index (κ3) is 3.42. The lowest BCUT2D eigenvalue weighted by Gasteiger charge is -2.19. The van der Waals surface area contributed by atoms with E-state index < -0.39 is 0 Å². The molecular formula is C12H18FNO. The molecule has 1 rings (SSSR count). The molecule has 0 amide bonds. The standard InChI is InChI=1S/C12H18FNO/c1-8(2)9(3)14-11-5-10(13)6-12(7-11)15-4/h5-9,14H,1-4H3. The van der Waals surface area contributed by atoms with E-state index in [1.807, 2.05) is 0 Å². The molecule has 0 aliphatic carbocycles. The smallest absolute Gasteiger partial charge is 0.128 e. The lowest BCUT2D eigenvalue weighted by Crippen LogP contribution is -2.21. The van der Waals surface area contributed by atoms with Crippen molar-refractivity contribution < 1.29 is 9.13 Å². The molecule has 1 atom stereocenters. The van der Waals surface area contributed by atoms with Crippen LogP contribution in [0.1, 0.15) is 20.8 Å². The Labute approximate surface area is 90.4 Å². The van der Waals surface area contributed by atoms with Crippen LogP contribution in [0.15, 0.2) is 18.2 Å². The molecule has 0 saturated heterocycles. The zero-order valence-corrected chi connectivity index (χ0v) is 9.67. The van der Waals surface area contributed by atoms with Gasteiger partial charge in [0, 0.05) is 23.9 Å². The van der Waals surface area contributed by atoms with E-state index in [2.05, 4.69) is 26.1 Å². The van der Waals surface area contributed by atoms with Gasteiger partial charge in [0.1, 0.15) is 11.6 Å². The lowest BCUT2D eigenvalue weighted by molar-refractivity contribution is 0.411. The van der Waals surface area contributed by atoms with Crippen LogP contribution >= 0.6 is 0 Å². The predicted octanol–water partition coefficient (Wildman–Crippen LogP) is 3.29. The van der Waals surface area contributed by atoms with Crippen molar-refractivity contribution in [3.63, 3.8) is 0 Å². The molecule has 0 radical (unpaired) electrons. The molecule has 2 nitrogen and oxygen atoms in total. The Balaban J connectivity index is 2.80. The van der Waals surface area contributed by atoms with Gasteiger partial charge in [0.15, 0.2) is 0 Å². The Morgan fingerprint density at radius 3 is 2.40 bits per heavy atom. The van der Waals surface area contributed by atoms with E-state index >= 15 is 0 Å². The number of benzene rings is 1. The zero-order chi connectivity index (χ0) is 11.4. The molecule has 1 N–H and O–H groups in total. The minimum absolute atomic E-state index is 0.284. The van der Waals surface area contributed by atoms with Gasteiger partial charge < -0.3 is 10.1 Å². The predicted molar refractivity (Wildman–Crippen MR) is 60.9 cm³/mol. The quantitative estimate of drug-likeness (QED) is 0.825. The fourth-order valence-corrected chi connectivity index (χ4v) is 1.19. The fraction of sp³-hybridized carbons (Fsp3) is 0.500. The minimum atomic E-state index is -0.284. The van der Waals surface area contributed by atoms with Crippen LogP contribution in [0.2, 0.25) is 0 Å². The number of ether oxygens (including phenoxy) is 1. The summed E-state index contributed by atoms with van der Waals surface area (Å²) in [6.07, 6.45) is 0. The van der Waals surface area contributed by atoms with E-state index in [4.69, 9.17) is 4.74 Å². The first-order chi connectivity index (χ1) is 7.02. The Hall–Kier alpha value is -1.25. The SMILES string of the molecule is COc1cc(F)cc(NC(C)C(C)C)c1. The van der Waals surface area contributed by atoms with Crippen LogP contribution in [0.4, 0.5) is 10.1 Å². The number of methoxy groups -OCH3 is 1. The Bertz CT molecular complexity index is 325. The molecule has 0 spiro atoms. The van der Waals surface area contributed by atoms with Gasteiger partial charge in [-0.15, -0.1) is 0 Å². The maximum absolute atomic E-state index is 13.1. The highest BCUT2D eigenvalue weighted by atomic mass is 19.1. The third-order valence-electron chi connectivity index (χ3n) is 2.50. The maximum Gasteiger partial charge on any atom is 0.128 e. The number of hydrogen-bond donors (Lipinski definition) is 1. The van der Waals surface area contributed by atoms with Crippen molar-refractivity contribution in [2.45, 2.75) is 26.8 Å². The second-order valence-corrected chi connectivity index (χ2v) is 4.06. The highest BCUT2D eigenvalue weighted by Crippen LogP contribution is 2.21. The summed E-state index contributed by atoms with van der Waals surface area (Å²) >= 11 is 0. The van der Waals surface area contributed by atoms with Gasteiger partial charge in [-0.25, -0.2) is 4.39 Å². The summed E-state index contributed by atoms with van der Waals surface area (Å²) < 4.78 is 18.1. The highest BCUT2D eigenvalue weighted by Gasteiger charge is 2.08. The van der Waals surface area contributed by atoms with E-state index in [0.29, 0.717) is 17.7 Å². The Morgan fingerprint density at radius 1 is 1.20 bits per heavy atom. The third-order valence-corrected chi connectivity index (χ3v) is 2.50. The van der Waals surface area contributed by atoms with Gasteiger partial charge in [0.25, 0.3) is 0 Å². The van der Waals surface area contributed by atoms with Crippen LogP contribution in [-0.4, -0.2) is 13.2 Å². The first-order valence-corrected chi connectivity index (χ1v) is 5.14. The monoisotopic (exact) mass is 211 g/mol. The van der Waals surface area contributed by atoms with Crippen molar-refractivity contribution in [2.24, 2.45) is 5.92 Å². The van der Waals surface area contributed by atoms with Crippen LogP contribution in [0.25, 0.3) is 0 Å². The summed E-state index contributed by atoms with van der Waals surface area (Å²) in [5, 5.41) is 3.24. The van der Waals surface area contributed by atoms with E-state index in [9.17, 15) is 4.39 Å². The summed E-state index contributed by atoms with van der Waals surface area (Å²) in [6.45, 7) is 6.31. The van der Waals surface area contributed by atoms with Crippen LogP contribution < -0.4 is 10.1 Å². The molecule has 0 aromatic heterocycles. The molecule has 1 unspecified atom stereocenters. The van der Waals surface area contributed by atoms with Gasteiger partial charge in [-0.1, -0.05) is 13.8 Å². The van der Waals surface area contributed by atoms with E-state index in [1.54, 1.807) is 6.07 Å². The van der Waals surface area contributed by atoms with Crippen molar-refractivity contribution in [1.82, 2.24) is 0 Å². The molecule has 3 heteroatoms. The molecule has 84 valence electrons. The van der Waals surface area contributed by atoms with Gasteiger partial charge in [-0.05, 0) is 18.9 Å². The molecule has 0 saturated carbocycles. The maximum atomic E-state index is 13.1. The number of nitrogens with one attached hydrogen (secondary N) is 1. The summed E-state index contributed by atoms with van der Waals surface area (Å²) in [7, 11) is 1.53. The summed E-state index contributed by atoms with van der Waals surface area (Å²) in [6, 6.07) is 4.94. The lowest BCUT2D eigenvalue weighted by atomic mass is 10.1.